The van der Waals surface area contributed by atoms with E-state index in [0.29, 0.717) is 11.5 Å². The van der Waals surface area contributed by atoms with Crippen molar-refractivity contribution in [2.24, 2.45) is 0 Å². The van der Waals surface area contributed by atoms with E-state index in [1.807, 2.05) is 29.3 Å². The summed E-state index contributed by atoms with van der Waals surface area (Å²) in [6.45, 7) is 3.57. The molecular formula is C18H21N3O2S. The van der Waals surface area contributed by atoms with E-state index in [1.54, 1.807) is 23.5 Å². The molecule has 1 N–H and O–H groups in total. The van der Waals surface area contributed by atoms with Gasteiger partial charge < -0.3 is 10.2 Å². The van der Waals surface area contributed by atoms with Crippen molar-refractivity contribution in [2.75, 3.05) is 19.6 Å². The van der Waals surface area contributed by atoms with Crippen LogP contribution in [0.4, 0.5) is 0 Å². The highest BCUT2D eigenvalue weighted by atomic mass is 32.1. The van der Waals surface area contributed by atoms with Crippen molar-refractivity contribution >= 4 is 23.2 Å². The molecule has 0 radical (unpaired) electrons. The lowest BCUT2D eigenvalue weighted by molar-refractivity contribution is -0.131. The minimum absolute atomic E-state index is 0.0203. The van der Waals surface area contributed by atoms with Gasteiger partial charge >= 0.3 is 0 Å². The molecule has 1 aromatic heterocycles. The first-order valence-electron chi connectivity index (χ1n) is 8.17. The predicted molar refractivity (Wildman–Crippen MR) is 94.2 cm³/mol. The number of amides is 2. The summed E-state index contributed by atoms with van der Waals surface area (Å²) in [4.78, 5) is 31.8. The van der Waals surface area contributed by atoms with Crippen molar-refractivity contribution in [3.63, 3.8) is 0 Å². The van der Waals surface area contributed by atoms with Gasteiger partial charge in [0, 0.05) is 35.6 Å². The fourth-order valence-electron chi connectivity index (χ4n) is 2.90. The summed E-state index contributed by atoms with van der Waals surface area (Å²) in [6, 6.07) is 8.95. The third kappa shape index (κ3) is 4.00. The molecule has 126 valence electrons. The molecule has 3 rings (SSSR count). The molecule has 1 fully saturated rings. The number of likely N-dealkylation sites (tertiary alicyclic amines) is 1. The minimum Gasteiger partial charge on any atom is -0.343 e. The van der Waals surface area contributed by atoms with Crippen molar-refractivity contribution in [3.8, 4) is 0 Å². The number of piperidine rings is 1. The maximum absolute atomic E-state index is 12.3. The Labute approximate surface area is 145 Å². The average Bonchev–Trinajstić information content (AvgIpc) is 3.06. The number of hydrogen-bond donors (Lipinski definition) is 1. The fraction of sp³-hybridized carbons (Fsp3) is 0.389. The molecule has 0 unspecified atom stereocenters. The molecule has 0 atom stereocenters. The Hall–Kier alpha value is -2.21. The second-order valence-electron chi connectivity index (χ2n) is 6.01. The van der Waals surface area contributed by atoms with Crippen LogP contribution >= 0.6 is 11.3 Å². The molecule has 2 aromatic rings. The smallest absolute Gasteiger partial charge is 0.251 e. The van der Waals surface area contributed by atoms with Crippen LogP contribution in [0.3, 0.4) is 0 Å². The molecule has 1 aliphatic rings. The van der Waals surface area contributed by atoms with E-state index in [1.165, 1.54) is 9.88 Å². The first-order chi connectivity index (χ1) is 11.6. The highest BCUT2D eigenvalue weighted by Gasteiger charge is 2.25. The summed E-state index contributed by atoms with van der Waals surface area (Å²) < 4.78 is 0. The molecular weight excluding hydrogens is 322 g/mol. The molecule has 2 heterocycles. The molecule has 5 nitrogen and oxygen atoms in total. The van der Waals surface area contributed by atoms with Crippen molar-refractivity contribution in [1.82, 2.24) is 15.2 Å². The zero-order valence-corrected chi connectivity index (χ0v) is 14.5. The van der Waals surface area contributed by atoms with E-state index in [-0.39, 0.29) is 18.4 Å². The van der Waals surface area contributed by atoms with Crippen LogP contribution in [0.2, 0.25) is 0 Å². The second kappa shape index (κ2) is 7.57. The lowest BCUT2D eigenvalue weighted by atomic mass is 9.97. The van der Waals surface area contributed by atoms with Crippen LogP contribution in [0.15, 0.2) is 36.5 Å². The summed E-state index contributed by atoms with van der Waals surface area (Å²) in [5.74, 6) is 0.219. The summed E-state index contributed by atoms with van der Waals surface area (Å²) in [6.07, 6.45) is 3.79. The van der Waals surface area contributed by atoms with Crippen molar-refractivity contribution in [1.29, 1.82) is 0 Å². The number of nitrogens with one attached hydrogen (secondary N) is 1. The van der Waals surface area contributed by atoms with Gasteiger partial charge in [0.2, 0.25) is 5.91 Å². The van der Waals surface area contributed by atoms with Crippen LogP contribution in [0.5, 0.6) is 0 Å². The normalized spacial score (nSPS) is 15.3. The van der Waals surface area contributed by atoms with E-state index in [9.17, 15) is 9.59 Å². The number of benzene rings is 1. The largest absolute Gasteiger partial charge is 0.343 e. The van der Waals surface area contributed by atoms with Crippen LogP contribution < -0.4 is 5.32 Å². The van der Waals surface area contributed by atoms with Crippen LogP contribution in [-0.4, -0.2) is 41.3 Å². The second-order valence-corrected chi connectivity index (χ2v) is 7.28. The Morgan fingerprint density at radius 1 is 1.25 bits per heavy atom. The molecule has 1 aliphatic heterocycles. The van der Waals surface area contributed by atoms with Gasteiger partial charge in [0.1, 0.15) is 0 Å². The van der Waals surface area contributed by atoms with Gasteiger partial charge in [-0.25, -0.2) is 4.98 Å². The predicted octanol–water partition coefficient (Wildman–Crippen LogP) is 2.59. The van der Waals surface area contributed by atoms with Gasteiger partial charge in [-0.15, -0.1) is 11.3 Å². The van der Waals surface area contributed by atoms with Gasteiger partial charge in [-0.05, 0) is 31.9 Å². The molecule has 0 bridgehead atoms. The summed E-state index contributed by atoms with van der Waals surface area (Å²) in [7, 11) is 0. The molecule has 24 heavy (non-hydrogen) atoms. The summed E-state index contributed by atoms with van der Waals surface area (Å²) >= 11 is 1.74. The Morgan fingerprint density at radius 2 is 1.96 bits per heavy atom. The van der Waals surface area contributed by atoms with Gasteiger partial charge in [-0.1, -0.05) is 18.2 Å². The quantitative estimate of drug-likeness (QED) is 0.928. The molecule has 2 amide bonds. The van der Waals surface area contributed by atoms with Crippen LogP contribution in [0.25, 0.3) is 0 Å². The Balaban J connectivity index is 1.46. The monoisotopic (exact) mass is 343 g/mol. The third-order valence-corrected chi connectivity index (χ3v) is 5.35. The number of thiazole rings is 1. The highest BCUT2D eigenvalue weighted by molar-refractivity contribution is 7.11. The zero-order chi connectivity index (χ0) is 16.9. The molecule has 6 heteroatoms. The number of carbonyl (C=O) groups excluding carboxylic acids is 2. The maximum atomic E-state index is 12.3. The number of hydrogen-bond acceptors (Lipinski definition) is 4. The Morgan fingerprint density at radius 3 is 2.58 bits per heavy atom. The topological polar surface area (TPSA) is 62.3 Å². The zero-order valence-electron chi connectivity index (χ0n) is 13.7. The lowest BCUT2D eigenvalue weighted by Gasteiger charge is -2.31. The van der Waals surface area contributed by atoms with Gasteiger partial charge in [0.25, 0.3) is 5.91 Å². The minimum atomic E-state index is -0.211. The number of nitrogens with zero attached hydrogens (tertiary/aromatic N) is 2. The Bertz CT molecular complexity index is 706. The fourth-order valence-corrected chi connectivity index (χ4v) is 3.84. The first kappa shape index (κ1) is 16.6. The Kier molecular flexibility index (Phi) is 5.25. The number of aryl methyl sites for hydroxylation is 1. The van der Waals surface area contributed by atoms with Crippen LogP contribution in [0.1, 0.15) is 39.0 Å². The lowest BCUT2D eigenvalue weighted by Crippen LogP contribution is -2.43. The van der Waals surface area contributed by atoms with E-state index in [4.69, 9.17) is 0 Å². The van der Waals surface area contributed by atoms with E-state index < -0.39 is 0 Å². The van der Waals surface area contributed by atoms with Gasteiger partial charge in [-0.2, -0.15) is 0 Å². The maximum Gasteiger partial charge on any atom is 0.251 e. The van der Waals surface area contributed by atoms with Crippen LogP contribution in [-0.2, 0) is 4.79 Å². The van der Waals surface area contributed by atoms with E-state index in [2.05, 4.69) is 17.2 Å². The van der Waals surface area contributed by atoms with E-state index >= 15 is 0 Å². The van der Waals surface area contributed by atoms with E-state index in [0.717, 1.165) is 25.9 Å². The first-order valence-corrected chi connectivity index (χ1v) is 8.98. The average molecular weight is 343 g/mol. The number of aromatic nitrogens is 1. The van der Waals surface area contributed by atoms with Gasteiger partial charge in [-0.3, -0.25) is 9.59 Å². The van der Waals surface area contributed by atoms with Gasteiger partial charge in [0.05, 0.1) is 11.6 Å². The molecule has 1 aromatic carbocycles. The van der Waals surface area contributed by atoms with Crippen molar-refractivity contribution in [3.05, 3.63) is 52.0 Å². The molecule has 0 spiro atoms. The molecule has 1 saturated heterocycles. The SMILES string of the molecule is Cc1cnc(C2CCN(C(=O)CNC(=O)c3ccccc3)CC2)s1. The van der Waals surface area contributed by atoms with Crippen LogP contribution in [0, 0.1) is 6.92 Å². The molecule has 0 aliphatic carbocycles. The van der Waals surface area contributed by atoms with Crippen molar-refractivity contribution < 1.29 is 9.59 Å². The summed E-state index contributed by atoms with van der Waals surface area (Å²) in [5.41, 5.74) is 0.572. The molecule has 0 saturated carbocycles. The standard InChI is InChI=1S/C18H21N3O2S/c1-13-11-20-18(24-13)15-7-9-21(10-8-15)16(22)12-19-17(23)14-5-3-2-4-6-14/h2-6,11,15H,7-10,12H2,1H3,(H,19,23). The van der Waals surface area contributed by atoms with Crippen molar-refractivity contribution in [2.45, 2.75) is 25.7 Å². The third-order valence-electron chi connectivity index (χ3n) is 4.27. The highest BCUT2D eigenvalue weighted by Crippen LogP contribution is 2.30. The summed E-state index contributed by atoms with van der Waals surface area (Å²) in [5, 5.41) is 3.88. The number of carbonyl (C=O) groups is 2. The van der Waals surface area contributed by atoms with Gasteiger partial charge in [0.15, 0.2) is 0 Å². The number of rotatable bonds is 4.